The zero-order valence-electron chi connectivity index (χ0n) is 13.3. The van der Waals surface area contributed by atoms with Gasteiger partial charge in [-0.05, 0) is 38.3 Å². The van der Waals surface area contributed by atoms with Gasteiger partial charge in [-0.1, -0.05) is 6.07 Å². The van der Waals surface area contributed by atoms with Crippen LogP contribution in [0, 0.1) is 13.8 Å². The summed E-state index contributed by atoms with van der Waals surface area (Å²) in [5.74, 6) is 0.936. The van der Waals surface area contributed by atoms with Gasteiger partial charge >= 0.3 is 0 Å². The second-order valence-corrected chi connectivity index (χ2v) is 6.00. The summed E-state index contributed by atoms with van der Waals surface area (Å²) in [4.78, 5) is 15.6. The monoisotopic (exact) mass is 297 g/mol. The molecule has 3 rings (SSSR count). The Balaban J connectivity index is 1.52. The van der Waals surface area contributed by atoms with E-state index < -0.39 is 0 Å². The minimum Gasteiger partial charge on any atom is -0.366 e. The van der Waals surface area contributed by atoms with E-state index in [1.54, 1.807) is 0 Å². The number of nitrogens with one attached hydrogen (secondary N) is 1. The van der Waals surface area contributed by atoms with Crippen LogP contribution < -0.4 is 5.32 Å². The second-order valence-electron chi connectivity index (χ2n) is 6.00. The molecule has 0 spiro atoms. The third-order valence-corrected chi connectivity index (χ3v) is 4.13. The highest BCUT2D eigenvalue weighted by molar-refractivity contribution is 5.40. The summed E-state index contributed by atoms with van der Waals surface area (Å²) in [6, 6.07) is 4.63. The Labute approximate surface area is 131 Å². The van der Waals surface area contributed by atoms with Crippen LogP contribution in [0.25, 0.3) is 0 Å². The van der Waals surface area contributed by atoms with E-state index in [9.17, 15) is 0 Å². The smallest absolute Gasteiger partial charge is 0.147 e. The number of pyridine rings is 1. The Kier molecular flexibility index (Phi) is 4.63. The molecule has 1 fully saturated rings. The summed E-state index contributed by atoms with van der Waals surface area (Å²) in [5, 5.41) is 3.56. The van der Waals surface area contributed by atoms with Gasteiger partial charge in [-0.3, -0.25) is 14.9 Å². The van der Waals surface area contributed by atoms with E-state index in [1.165, 1.54) is 5.56 Å². The fraction of sp³-hybridized carbons (Fsp3) is 0.471. The fourth-order valence-electron chi connectivity index (χ4n) is 2.85. The first kappa shape index (κ1) is 14.9. The molecule has 0 amide bonds. The van der Waals surface area contributed by atoms with E-state index >= 15 is 0 Å². The van der Waals surface area contributed by atoms with Crippen LogP contribution in [-0.2, 0) is 6.54 Å². The molecule has 5 heteroatoms. The Morgan fingerprint density at radius 2 is 2.05 bits per heavy atom. The Hall–Kier alpha value is -2.01. The van der Waals surface area contributed by atoms with Crippen LogP contribution in [0.3, 0.4) is 0 Å². The molecule has 0 radical (unpaired) electrons. The molecule has 2 aromatic heterocycles. The van der Waals surface area contributed by atoms with Crippen molar-refractivity contribution in [2.75, 3.05) is 18.4 Å². The number of hydrogen-bond donors (Lipinski definition) is 1. The standard InChI is InChI=1S/C17H23N5/c1-13-10-19-14(2)17(20-13)21-16-5-8-22(9-6-16)12-15-4-3-7-18-11-15/h3-4,7,10-11,16H,5-6,8-9,12H2,1-2H3,(H,20,21). The number of aryl methyl sites for hydroxylation is 2. The number of piperidine rings is 1. The van der Waals surface area contributed by atoms with Crippen LogP contribution in [0.1, 0.15) is 29.8 Å². The molecule has 2 aromatic rings. The fourth-order valence-corrected chi connectivity index (χ4v) is 2.85. The molecule has 116 valence electrons. The third kappa shape index (κ3) is 3.80. The van der Waals surface area contributed by atoms with Crippen molar-refractivity contribution in [3.05, 3.63) is 47.7 Å². The highest BCUT2D eigenvalue weighted by atomic mass is 15.1. The first-order chi connectivity index (χ1) is 10.7. The molecule has 1 saturated heterocycles. The number of rotatable bonds is 4. The van der Waals surface area contributed by atoms with Crippen LogP contribution in [0.4, 0.5) is 5.82 Å². The van der Waals surface area contributed by atoms with Gasteiger partial charge in [0.15, 0.2) is 0 Å². The molecule has 1 aliphatic heterocycles. The van der Waals surface area contributed by atoms with Crippen LogP contribution in [-0.4, -0.2) is 39.0 Å². The molecular formula is C17H23N5. The van der Waals surface area contributed by atoms with Gasteiger partial charge in [0.25, 0.3) is 0 Å². The summed E-state index contributed by atoms with van der Waals surface area (Å²) in [6.07, 6.45) is 7.86. The van der Waals surface area contributed by atoms with Crippen molar-refractivity contribution in [1.82, 2.24) is 19.9 Å². The van der Waals surface area contributed by atoms with E-state index in [-0.39, 0.29) is 0 Å². The highest BCUT2D eigenvalue weighted by Crippen LogP contribution is 2.18. The van der Waals surface area contributed by atoms with Gasteiger partial charge in [0.05, 0.1) is 11.4 Å². The normalized spacial score (nSPS) is 16.6. The number of aromatic nitrogens is 3. The van der Waals surface area contributed by atoms with Gasteiger partial charge in [-0.25, -0.2) is 4.98 Å². The van der Waals surface area contributed by atoms with Crippen molar-refractivity contribution in [2.24, 2.45) is 0 Å². The lowest BCUT2D eigenvalue weighted by Crippen LogP contribution is -2.39. The molecule has 0 aromatic carbocycles. The van der Waals surface area contributed by atoms with Crippen molar-refractivity contribution < 1.29 is 0 Å². The Bertz CT molecular complexity index is 606. The van der Waals surface area contributed by atoms with Crippen LogP contribution in [0.5, 0.6) is 0 Å². The van der Waals surface area contributed by atoms with Crippen molar-refractivity contribution in [1.29, 1.82) is 0 Å². The lowest BCUT2D eigenvalue weighted by molar-refractivity contribution is 0.211. The number of hydrogen-bond acceptors (Lipinski definition) is 5. The van der Waals surface area contributed by atoms with E-state index in [4.69, 9.17) is 0 Å². The van der Waals surface area contributed by atoms with Gasteiger partial charge in [-0.15, -0.1) is 0 Å². The molecule has 1 aliphatic rings. The quantitative estimate of drug-likeness (QED) is 0.940. The predicted octanol–water partition coefficient (Wildman–Crippen LogP) is 2.56. The minimum atomic E-state index is 0.486. The zero-order chi connectivity index (χ0) is 15.4. The lowest BCUT2D eigenvalue weighted by Gasteiger charge is -2.32. The van der Waals surface area contributed by atoms with Crippen LogP contribution in [0.15, 0.2) is 30.7 Å². The van der Waals surface area contributed by atoms with Gasteiger partial charge in [0.1, 0.15) is 5.82 Å². The summed E-state index contributed by atoms with van der Waals surface area (Å²) < 4.78 is 0. The maximum atomic E-state index is 4.56. The molecule has 1 N–H and O–H groups in total. The highest BCUT2D eigenvalue weighted by Gasteiger charge is 2.20. The molecule has 5 nitrogen and oxygen atoms in total. The van der Waals surface area contributed by atoms with Gasteiger partial charge in [-0.2, -0.15) is 0 Å². The maximum Gasteiger partial charge on any atom is 0.147 e. The number of anilines is 1. The van der Waals surface area contributed by atoms with E-state index in [1.807, 2.05) is 38.5 Å². The largest absolute Gasteiger partial charge is 0.366 e. The topological polar surface area (TPSA) is 53.9 Å². The average Bonchev–Trinajstić information content (AvgIpc) is 2.54. The van der Waals surface area contributed by atoms with E-state index in [0.717, 1.165) is 49.7 Å². The van der Waals surface area contributed by atoms with Gasteiger partial charge in [0, 0.05) is 44.3 Å². The Morgan fingerprint density at radius 1 is 1.23 bits per heavy atom. The van der Waals surface area contributed by atoms with E-state index in [2.05, 4.69) is 31.2 Å². The molecule has 3 heterocycles. The Morgan fingerprint density at radius 3 is 2.77 bits per heavy atom. The van der Waals surface area contributed by atoms with E-state index in [0.29, 0.717) is 6.04 Å². The maximum absolute atomic E-state index is 4.56. The number of likely N-dealkylation sites (tertiary alicyclic amines) is 1. The minimum absolute atomic E-state index is 0.486. The molecular weight excluding hydrogens is 274 g/mol. The SMILES string of the molecule is Cc1cnc(C)c(NC2CCN(Cc3cccnc3)CC2)n1. The molecule has 22 heavy (non-hydrogen) atoms. The number of nitrogens with zero attached hydrogens (tertiary/aromatic N) is 4. The van der Waals surface area contributed by atoms with Crippen LogP contribution >= 0.6 is 0 Å². The molecule has 0 aliphatic carbocycles. The molecule has 0 bridgehead atoms. The summed E-state index contributed by atoms with van der Waals surface area (Å²) in [5.41, 5.74) is 3.22. The molecule has 0 saturated carbocycles. The summed E-state index contributed by atoms with van der Waals surface area (Å²) in [7, 11) is 0. The van der Waals surface area contributed by atoms with Gasteiger partial charge < -0.3 is 5.32 Å². The molecule has 0 unspecified atom stereocenters. The van der Waals surface area contributed by atoms with Crippen LogP contribution in [0.2, 0.25) is 0 Å². The zero-order valence-corrected chi connectivity index (χ0v) is 13.3. The molecule has 0 atom stereocenters. The van der Waals surface area contributed by atoms with Crippen molar-refractivity contribution >= 4 is 5.82 Å². The third-order valence-electron chi connectivity index (χ3n) is 4.13. The summed E-state index contributed by atoms with van der Waals surface area (Å²) >= 11 is 0. The van der Waals surface area contributed by atoms with Crippen molar-refractivity contribution in [2.45, 2.75) is 39.3 Å². The van der Waals surface area contributed by atoms with Crippen molar-refractivity contribution in [3.8, 4) is 0 Å². The second kappa shape index (κ2) is 6.83. The first-order valence-corrected chi connectivity index (χ1v) is 7.89. The van der Waals surface area contributed by atoms with Gasteiger partial charge in [0.2, 0.25) is 0 Å². The first-order valence-electron chi connectivity index (χ1n) is 7.89. The average molecular weight is 297 g/mol. The van der Waals surface area contributed by atoms with Crippen molar-refractivity contribution in [3.63, 3.8) is 0 Å². The lowest BCUT2D eigenvalue weighted by atomic mass is 10.0. The summed E-state index contributed by atoms with van der Waals surface area (Å²) in [6.45, 7) is 7.18. The predicted molar refractivity (Wildman–Crippen MR) is 87.7 cm³/mol.